The van der Waals surface area contributed by atoms with Crippen LogP contribution in [0.4, 0.5) is 5.00 Å². The second-order valence-electron chi connectivity index (χ2n) is 6.35. The topological polar surface area (TPSA) is 72.9 Å². The number of hydrogen-bond acceptors (Lipinski definition) is 6. The van der Waals surface area contributed by atoms with Gasteiger partial charge in [0.25, 0.3) is 5.91 Å². The van der Waals surface area contributed by atoms with Gasteiger partial charge in [-0.05, 0) is 44.0 Å². The number of carbonyl (C=O) groups is 3. The number of benzene rings is 1. The van der Waals surface area contributed by atoms with Gasteiger partial charge in [-0.15, -0.1) is 11.3 Å². The average Bonchev–Trinajstić information content (AvgIpc) is 2.87. The number of thiophene rings is 1. The summed E-state index contributed by atoms with van der Waals surface area (Å²) >= 11 is 1.47. The summed E-state index contributed by atoms with van der Waals surface area (Å²) in [5.41, 5.74) is 2.24. The Morgan fingerprint density at radius 3 is 2.59 bits per heavy atom. The largest absolute Gasteiger partial charge is 0.496 e. The van der Waals surface area contributed by atoms with E-state index in [-0.39, 0.29) is 23.0 Å². The Balaban J connectivity index is 2.03. The molecule has 0 spiro atoms. The molecule has 6 nitrogen and oxygen atoms in total. The van der Waals surface area contributed by atoms with E-state index < -0.39 is 5.97 Å². The molecular formula is C20H21NO5S. The van der Waals surface area contributed by atoms with Gasteiger partial charge >= 0.3 is 5.97 Å². The first-order valence-corrected chi connectivity index (χ1v) is 9.42. The number of aryl methyl sites for hydroxylation is 1. The highest BCUT2D eigenvalue weighted by atomic mass is 32.1. The van der Waals surface area contributed by atoms with Crippen molar-refractivity contribution in [1.82, 2.24) is 0 Å². The smallest absolute Gasteiger partial charge is 0.341 e. The Bertz CT molecular complexity index is 931. The highest BCUT2D eigenvalue weighted by Crippen LogP contribution is 2.39. The van der Waals surface area contributed by atoms with Gasteiger partial charge in [0.05, 0.1) is 19.8 Å². The molecule has 0 unspecified atom stereocenters. The summed E-state index contributed by atoms with van der Waals surface area (Å²) in [5, 5.41) is 0.702. The van der Waals surface area contributed by atoms with Crippen LogP contribution in [-0.4, -0.2) is 38.4 Å². The molecule has 0 bridgehead atoms. The van der Waals surface area contributed by atoms with E-state index in [0.29, 0.717) is 35.5 Å². The quantitative estimate of drug-likeness (QED) is 0.750. The van der Waals surface area contributed by atoms with Gasteiger partial charge in [0, 0.05) is 23.4 Å². The SMILES string of the molecule is COC(=O)c1ccc(C(=O)N2CCCC(=O)c3c2sc(C)c3C)cc1OC. The molecule has 1 aromatic heterocycles. The molecule has 0 atom stereocenters. The van der Waals surface area contributed by atoms with E-state index in [0.717, 1.165) is 10.4 Å². The summed E-state index contributed by atoms with van der Waals surface area (Å²) in [6.07, 6.45) is 1.04. The minimum absolute atomic E-state index is 0.0840. The zero-order chi connectivity index (χ0) is 19.7. The van der Waals surface area contributed by atoms with Crippen molar-refractivity contribution in [3.05, 3.63) is 45.3 Å². The first-order chi connectivity index (χ1) is 12.9. The summed E-state index contributed by atoms with van der Waals surface area (Å²) in [7, 11) is 2.72. The Labute approximate surface area is 161 Å². The van der Waals surface area contributed by atoms with E-state index in [2.05, 4.69) is 0 Å². The molecule has 0 saturated heterocycles. The van der Waals surface area contributed by atoms with Crippen molar-refractivity contribution in [2.75, 3.05) is 25.7 Å². The standard InChI is InChI=1S/C20H21NO5S/c1-11-12(2)27-19-17(11)15(22)6-5-9-21(19)18(23)13-7-8-14(20(24)26-4)16(10-13)25-3/h7-8,10H,5-6,9H2,1-4H3. The monoisotopic (exact) mass is 387 g/mol. The van der Waals surface area contributed by atoms with Crippen molar-refractivity contribution >= 4 is 34.0 Å². The van der Waals surface area contributed by atoms with E-state index in [1.165, 1.54) is 37.7 Å². The van der Waals surface area contributed by atoms with Crippen LogP contribution in [0.15, 0.2) is 18.2 Å². The van der Waals surface area contributed by atoms with Crippen molar-refractivity contribution in [2.24, 2.45) is 0 Å². The lowest BCUT2D eigenvalue weighted by atomic mass is 10.1. The predicted octanol–water partition coefficient (Wildman–Crippen LogP) is 3.78. The molecule has 2 heterocycles. The van der Waals surface area contributed by atoms with Crippen LogP contribution in [0.2, 0.25) is 0 Å². The molecule has 7 heteroatoms. The number of rotatable bonds is 3. The zero-order valence-electron chi connectivity index (χ0n) is 15.8. The molecule has 1 aliphatic heterocycles. The fourth-order valence-electron chi connectivity index (χ4n) is 3.20. The second-order valence-corrected chi connectivity index (χ2v) is 7.56. The van der Waals surface area contributed by atoms with Gasteiger partial charge in [-0.1, -0.05) is 0 Å². The molecule has 1 aliphatic rings. The number of methoxy groups -OCH3 is 2. The predicted molar refractivity (Wildman–Crippen MR) is 103 cm³/mol. The van der Waals surface area contributed by atoms with Crippen LogP contribution in [0.25, 0.3) is 0 Å². The normalized spacial score (nSPS) is 13.8. The van der Waals surface area contributed by atoms with E-state index in [1.54, 1.807) is 11.0 Å². The zero-order valence-corrected chi connectivity index (χ0v) is 16.6. The fraction of sp³-hybridized carbons (Fsp3) is 0.350. The number of fused-ring (bicyclic) bond motifs is 1. The minimum atomic E-state index is -0.530. The number of anilines is 1. The molecule has 0 aliphatic carbocycles. The van der Waals surface area contributed by atoms with Crippen molar-refractivity contribution in [1.29, 1.82) is 0 Å². The number of carbonyl (C=O) groups excluding carboxylic acids is 3. The fourth-order valence-corrected chi connectivity index (χ4v) is 4.40. The number of amides is 1. The van der Waals surface area contributed by atoms with Gasteiger partial charge in [-0.3, -0.25) is 14.5 Å². The van der Waals surface area contributed by atoms with E-state index in [1.807, 2.05) is 13.8 Å². The van der Waals surface area contributed by atoms with Crippen molar-refractivity contribution in [2.45, 2.75) is 26.7 Å². The Morgan fingerprint density at radius 2 is 1.93 bits per heavy atom. The Hall–Kier alpha value is -2.67. The summed E-state index contributed by atoms with van der Waals surface area (Å²) < 4.78 is 9.99. The molecule has 27 heavy (non-hydrogen) atoms. The lowest BCUT2D eigenvalue weighted by Gasteiger charge is -2.21. The van der Waals surface area contributed by atoms with Gasteiger partial charge < -0.3 is 9.47 Å². The van der Waals surface area contributed by atoms with Crippen LogP contribution in [-0.2, 0) is 4.74 Å². The van der Waals surface area contributed by atoms with Crippen molar-refractivity contribution < 1.29 is 23.9 Å². The van der Waals surface area contributed by atoms with Crippen LogP contribution in [0, 0.1) is 13.8 Å². The molecule has 0 fully saturated rings. The van der Waals surface area contributed by atoms with E-state index in [4.69, 9.17) is 9.47 Å². The molecule has 1 amide bonds. The number of esters is 1. The third-order valence-corrected chi connectivity index (χ3v) is 6.01. The second kappa shape index (κ2) is 7.52. The first-order valence-electron chi connectivity index (χ1n) is 8.60. The van der Waals surface area contributed by atoms with Gasteiger partial charge in [-0.2, -0.15) is 0 Å². The van der Waals surface area contributed by atoms with Crippen molar-refractivity contribution in [3.8, 4) is 5.75 Å². The lowest BCUT2D eigenvalue weighted by Crippen LogP contribution is -2.31. The number of Topliss-reactive ketones (excluding diaryl/α,β-unsaturated/α-hetero) is 1. The molecule has 142 valence electrons. The molecular weight excluding hydrogens is 366 g/mol. The molecule has 2 aromatic rings. The molecule has 3 rings (SSSR count). The molecule has 0 N–H and O–H groups in total. The highest BCUT2D eigenvalue weighted by molar-refractivity contribution is 7.17. The van der Waals surface area contributed by atoms with E-state index in [9.17, 15) is 14.4 Å². The van der Waals surface area contributed by atoms with Gasteiger partial charge in [0.15, 0.2) is 5.78 Å². The van der Waals surface area contributed by atoms with Crippen LogP contribution in [0.1, 0.15) is 54.4 Å². The maximum atomic E-state index is 13.2. The summed E-state index contributed by atoms with van der Waals surface area (Å²) in [6, 6.07) is 4.64. The summed E-state index contributed by atoms with van der Waals surface area (Å²) in [6.45, 7) is 4.35. The maximum absolute atomic E-state index is 13.2. The van der Waals surface area contributed by atoms with Crippen LogP contribution < -0.4 is 9.64 Å². The summed E-state index contributed by atoms with van der Waals surface area (Å²) in [5.74, 6) is -0.391. The van der Waals surface area contributed by atoms with Gasteiger partial charge in [0.2, 0.25) is 0 Å². The van der Waals surface area contributed by atoms with Gasteiger partial charge in [0.1, 0.15) is 16.3 Å². The minimum Gasteiger partial charge on any atom is -0.496 e. The van der Waals surface area contributed by atoms with Crippen LogP contribution in [0.3, 0.4) is 0 Å². The first kappa shape index (κ1) is 19.1. The number of hydrogen-bond donors (Lipinski definition) is 0. The number of ketones is 1. The van der Waals surface area contributed by atoms with Crippen LogP contribution >= 0.6 is 11.3 Å². The average molecular weight is 387 g/mol. The maximum Gasteiger partial charge on any atom is 0.341 e. The lowest BCUT2D eigenvalue weighted by molar-refractivity contribution is 0.0596. The molecule has 0 saturated carbocycles. The third kappa shape index (κ3) is 3.35. The number of nitrogens with zero attached hydrogens (tertiary/aromatic N) is 1. The van der Waals surface area contributed by atoms with E-state index >= 15 is 0 Å². The third-order valence-electron chi connectivity index (χ3n) is 4.78. The molecule has 1 aromatic carbocycles. The Morgan fingerprint density at radius 1 is 1.19 bits per heavy atom. The van der Waals surface area contributed by atoms with Crippen LogP contribution in [0.5, 0.6) is 5.75 Å². The van der Waals surface area contributed by atoms with Crippen molar-refractivity contribution in [3.63, 3.8) is 0 Å². The Kier molecular flexibility index (Phi) is 5.32. The number of ether oxygens (including phenoxy) is 2. The van der Waals surface area contributed by atoms with Gasteiger partial charge in [-0.25, -0.2) is 4.79 Å². The highest BCUT2D eigenvalue weighted by Gasteiger charge is 2.30. The summed E-state index contributed by atoms with van der Waals surface area (Å²) in [4.78, 5) is 40.2. The molecule has 0 radical (unpaired) electrons.